The molecule has 0 aliphatic heterocycles. The molecule has 1 aromatic heterocycles. The third kappa shape index (κ3) is 5.07. The molecule has 0 spiro atoms. The number of carbonyl (C=O) groups is 1. The van der Waals surface area contributed by atoms with Crippen LogP contribution < -0.4 is 5.32 Å². The zero-order chi connectivity index (χ0) is 14.4. The van der Waals surface area contributed by atoms with Gasteiger partial charge >= 0.3 is 0 Å². The van der Waals surface area contributed by atoms with Crippen LogP contribution in [-0.2, 0) is 27.9 Å². The fraction of sp³-hybridized carbons (Fsp3) is 0.214. The molecule has 1 unspecified atom stereocenters. The number of hydrogen-bond donors (Lipinski definition) is 1. The second-order valence-corrected chi connectivity index (χ2v) is 7.14. The molecule has 6 heteroatoms. The van der Waals surface area contributed by atoms with Gasteiger partial charge in [-0.25, -0.2) is 0 Å². The van der Waals surface area contributed by atoms with E-state index in [-0.39, 0.29) is 11.7 Å². The highest BCUT2D eigenvalue weighted by molar-refractivity contribution is 7.84. The number of rotatable bonds is 6. The predicted octanol–water partition coefficient (Wildman–Crippen LogP) is 2.97. The first-order valence-corrected chi connectivity index (χ1v) is 8.76. The Morgan fingerprint density at radius 2 is 2.00 bits per heavy atom. The van der Waals surface area contributed by atoms with Crippen molar-refractivity contribution in [1.82, 2.24) is 5.32 Å². The number of nitrogens with one attached hydrogen (secondary N) is 1. The van der Waals surface area contributed by atoms with Crippen molar-refractivity contribution in [2.75, 3.05) is 5.75 Å². The highest BCUT2D eigenvalue weighted by atomic mass is 35.5. The second kappa shape index (κ2) is 7.57. The van der Waals surface area contributed by atoms with E-state index in [2.05, 4.69) is 5.32 Å². The first-order valence-electron chi connectivity index (χ1n) is 6.02. The zero-order valence-electron chi connectivity index (χ0n) is 10.7. The van der Waals surface area contributed by atoms with Gasteiger partial charge in [-0.05, 0) is 29.1 Å². The maximum Gasteiger partial charge on any atom is 0.232 e. The molecule has 0 saturated carbocycles. The molecular weight excluding hydrogens is 314 g/mol. The Morgan fingerprint density at radius 1 is 1.25 bits per heavy atom. The molecule has 106 valence electrons. The van der Waals surface area contributed by atoms with E-state index in [1.165, 1.54) is 0 Å². The molecule has 1 N–H and O–H groups in total. The van der Waals surface area contributed by atoms with E-state index >= 15 is 0 Å². The summed E-state index contributed by atoms with van der Waals surface area (Å²) in [5.74, 6) is 0.197. The Morgan fingerprint density at radius 3 is 2.65 bits per heavy atom. The van der Waals surface area contributed by atoms with Crippen LogP contribution in [0.5, 0.6) is 0 Å². The lowest BCUT2D eigenvalue weighted by Crippen LogP contribution is -2.27. The summed E-state index contributed by atoms with van der Waals surface area (Å²) in [5, 5.41) is 5.37. The molecule has 1 atom stereocenters. The minimum atomic E-state index is -1.21. The van der Waals surface area contributed by atoms with Crippen LogP contribution in [0.25, 0.3) is 0 Å². The normalized spacial score (nSPS) is 12.1. The van der Waals surface area contributed by atoms with E-state index in [0.717, 1.165) is 10.4 Å². The van der Waals surface area contributed by atoms with Gasteiger partial charge in [-0.2, -0.15) is 0 Å². The highest BCUT2D eigenvalue weighted by Crippen LogP contribution is 2.11. The average molecular weight is 328 g/mol. The molecule has 2 rings (SSSR count). The molecule has 1 aromatic carbocycles. The van der Waals surface area contributed by atoms with Crippen LogP contribution in [0.1, 0.15) is 10.4 Å². The standard InChI is InChI=1S/C14H14ClNO2S2/c15-12-5-3-11(4-6-12)9-20(18)10-14(17)16-8-13-2-1-7-19-13/h1-7H,8-10H2,(H,16,17). The van der Waals surface area contributed by atoms with E-state index in [0.29, 0.717) is 17.3 Å². The van der Waals surface area contributed by atoms with Gasteiger partial charge in [0.15, 0.2) is 0 Å². The Balaban J connectivity index is 1.76. The Kier molecular flexibility index (Phi) is 5.76. The van der Waals surface area contributed by atoms with Gasteiger partial charge < -0.3 is 5.32 Å². The van der Waals surface area contributed by atoms with Crippen molar-refractivity contribution in [3.63, 3.8) is 0 Å². The largest absolute Gasteiger partial charge is 0.350 e. The number of halogens is 1. The van der Waals surface area contributed by atoms with Gasteiger partial charge in [-0.15, -0.1) is 11.3 Å². The summed E-state index contributed by atoms with van der Waals surface area (Å²) in [6.07, 6.45) is 0. The Bertz CT molecular complexity index is 582. The monoisotopic (exact) mass is 327 g/mol. The van der Waals surface area contributed by atoms with Gasteiger partial charge in [0.05, 0.1) is 6.54 Å². The van der Waals surface area contributed by atoms with Crippen LogP contribution in [0.3, 0.4) is 0 Å². The van der Waals surface area contributed by atoms with E-state index in [9.17, 15) is 9.00 Å². The van der Waals surface area contributed by atoms with Crippen molar-refractivity contribution in [2.45, 2.75) is 12.3 Å². The van der Waals surface area contributed by atoms with Crippen LogP contribution in [0.4, 0.5) is 0 Å². The fourth-order valence-electron chi connectivity index (χ4n) is 1.61. The molecule has 2 aromatic rings. The maximum atomic E-state index is 11.9. The lowest BCUT2D eigenvalue weighted by molar-refractivity contribution is -0.118. The van der Waals surface area contributed by atoms with E-state index < -0.39 is 10.8 Å². The minimum absolute atomic E-state index is 0.0218. The molecule has 3 nitrogen and oxygen atoms in total. The molecule has 0 saturated heterocycles. The van der Waals surface area contributed by atoms with Crippen molar-refractivity contribution >= 4 is 39.6 Å². The minimum Gasteiger partial charge on any atom is -0.350 e. The third-order valence-electron chi connectivity index (χ3n) is 2.57. The number of benzene rings is 1. The highest BCUT2D eigenvalue weighted by Gasteiger charge is 2.09. The summed E-state index contributed by atoms with van der Waals surface area (Å²) in [7, 11) is -1.21. The molecule has 1 heterocycles. The van der Waals surface area contributed by atoms with Crippen LogP contribution in [0.2, 0.25) is 5.02 Å². The van der Waals surface area contributed by atoms with Gasteiger partial charge in [-0.3, -0.25) is 9.00 Å². The van der Waals surface area contributed by atoms with Crippen molar-refractivity contribution in [3.8, 4) is 0 Å². The number of amides is 1. The van der Waals surface area contributed by atoms with Crippen LogP contribution >= 0.6 is 22.9 Å². The summed E-state index contributed by atoms with van der Waals surface area (Å²) in [6.45, 7) is 0.495. The van der Waals surface area contributed by atoms with E-state index in [1.54, 1.807) is 23.5 Å². The lowest BCUT2D eigenvalue weighted by atomic mass is 10.2. The predicted molar refractivity (Wildman–Crippen MR) is 84.3 cm³/mol. The van der Waals surface area contributed by atoms with Crippen LogP contribution in [-0.4, -0.2) is 15.9 Å². The smallest absolute Gasteiger partial charge is 0.232 e. The van der Waals surface area contributed by atoms with Crippen LogP contribution in [0, 0.1) is 0 Å². The first kappa shape index (κ1) is 15.2. The van der Waals surface area contributed by atoms with Crippen LogP contribution in [0.15, 0.2) is 41.8 Å². The van der Waals surface area contributed by atoms with Gasteiger partial charge in [0.2, 0.25) is 5.91 Å². The molecule has 0 radical (unpaired) electrons. The maximum absolute atomic E-state index is 11.9. The second-order valence-electron chi connectivity index (χ2n) is 4.21. The van der Waals surface area contributed by atoms with Crippen molar-refractivity contribution in [1.29, 1.82) is 0 Å². The zero-order valence-corrected chi connectivity index (χ0v) is 13.1. The van der Waals surface area contributed by atoms with Crippen molar-refractivity contribution < 1.29 is 9.00 Å². The van der Waals surface area contributed by atoms with Gasteiger partial charge in [0, 0.05) is 26.5 Å². The summed E-state index contributed by atoms with van der Waals surface area (Å²) in [4.78, 5) is 12.8. The van der Waals surface area contributed by atoms with Crippen molar-refractivity contribution in [3.05, 3.63) is 57.2 Å². The third-order valence-corrected chi connectivity index (χ3v) is 4.94. The van der Waals surface area contributed by atoms with E-state index in [1.807, 2.05) is 29.6 Å². The molecular formula is C14H14ClNO2S2. The molecule has 0 fully saturated rings. The quantitative estimate of drug-likeness (QED) is 0.886. The SMILES string of the molecule is O=C(CS(=O)Cc1ccc(Cl)cc1)NCc1cccs1. The lowest BCUT2D eigenvalue weighted by Gasteiger charge is -2.04. The average Bonchev–Trinajstić information content (AvgIpc) is 2.92. The molecule has 0 aliphatic carbocycles. The number of hydrogen-bond acceptors (Lipinski definition) is 3. The number of thiophene rings is 1. The Labute approximate surface area is 129 Å². The molecule has 1 amide bonds. The van der Waals surface area contributed by atoms with Crippen molar-refractivity contribution in [2.24, 2.45) is 0 Å². The summed E-state index contributed by atoms with van der Waals surface area (Å²) >= 11 is 7.37. The first-order chi connectivity index (χ1) is 9.63. The summed E-state index contributed by atoms with van der Waals surface area (Å²) < 4.78 is 11.9. The fourth-order valence-corrected chi connectivity index (χ4v) is 3.45. The molecule has 0 aliphatic rings. The summed E-state index contributed by atoms with van der Waals surface area (Å²) in [5.41, 5.74) is 0.916. The van der Waals surface area contributed by atoms with Gasteiger partial charge in [0.25, 0.3) is 0 Å². The molecule has 20 heavy (non-hydrogen) atoms. The van der Waals surface area contributed by atoms with Gasteiger partial charge in [0.1, 0.15) is 5.75 Å². The topological polar surface area (TPSA) is 46.2 Å². The Hall–Kier alpha value is -1.17. The van der Waals surface area contributed by atoms with E-state index in [4.69, 9.17) is 11.6 Å². The molecule has 0 bridgehead atoms. The summed E-state index contributed by atoms with van der Waals surface area (Å²) in [6, 6.07) is 11.0. The number of carbonyl (C=O) groups excluding carboxylic acids is 1. The van der Waals surface area contributed by atoms with Gasteiger partial charge in [-0.1, -0.05) is 29.8 Å².